The van der Waals surface area contributed by atoms with E-state index in [1.807, 2.05) is 6.07 Å². The van der Waals surface area contributed by atoms with Crippen LogP contribution in [0.5, 0.6) is 0 Å². The Morgan fingerprint density at radius 3 is 2.55 bits per heavy atom. The number of nitriles is 1. The first kappa shape index (κ1) is 16.2. The Morgan fingerprint density at radius 1 is 1.27 bits per heavy atom. The Bertz CT molecular complexity index is 782. The summed E-state index contributed by atoms with van der Waals surface area (Å²) in [7, 11) is 0. The fourth-order valence-corrected chi connectivity index (χ4v) is 2.17. The number of halogens is 3. The number of nitrogens with one attached hydrogen (secondary N) is 1. The van der Waals surface area contributed by atoms with E-state index in [0.29, 0.717) is 16.3 Å². The maximum atomic E-state index is 13.2. The molecule has 0 aromatic heterocycles. The molecule has 0 aliphatic heterocycles. The number of carbonyl (C=O) groups is 1. The molecule has 0 bridgehead atoms. The quantitative estimate of drug-likeness (QED) is 0.616. The largest absolute Gasteiger partial charge is 0.321 e. The van der Waals surface area contributed by atoms with Crippen LogP contribution in [0, 0.1) is 17.1 Å². The van der Waals surface area contributed by atoms with Crippen molar-refractivity contribution in [2.45, 2.75) is 0 Å². The van der Waals surface area contributed by atoms with Crippen molar-refractivity contribution >= 4 is 45.2 Å². The summed E-state index contributed by atoms with van der Waals surface area (Å²) in [6.07, 6.45) is 1.38. The molecule has 0 unspecified atom stereocenters. The molecule has 6 heteroatoms. The molecule has 2 aromatic rings. The number of benzene rings is 2. The Morgan fingerprint density at radius 2 is 1.95 bits per heavy atom. The molecular formula is C16H9BrClFN2O. The van der Waals surface area contributed by atoms with Gasteiger partial charge in [-0.15, -0.1) is 0 Å². The van der Waals surface area contributed by atoms with E-state index in [9.17, 15) is 9.18 Å². The number of carbonyl (C=O) groups excluding carboxylic acids is 1. The van der Waals surface area contributed by atoms with Crippen molar-refractivity contribution in [2.24, 2.45) is 0 Å². The molecular weight excluding hydrogens is 371 g/mol. The molecule has 0 radical (unpaired) electrons. The summed E-state index contributed by atoms with van der Waals surface area (Å²) in [5, 5.41) is 12.3. The van der Waals surface area contributed by atoms with Crippen LogP contribution in [0.1, 0.15) is 5.56 Å². The minimum atomic E-state index is -0.551. The van der Waals surface area contributed by atoms with Gasteiger partial charge in [-0.2, -0.15) is 5.26 Å². The zero-order valence-electron chi connectivity index (χ0n) is 11.1. The Balaban J connectivity index is 2.21. The molecule has 0 atom stereocenters. The van der Waals surface area contributed by atoms with Gasteiger partial charge in [-0.25, -0.2) is 4.39 Å². The highest BCUT2D eigenvalue weighted by atomic mass is 79.9. The summed E-state index contributed by atoms with van der Waals surface area (Å²) in [6, 6.07) is 12.6. The molecule has 0 heterocycles. The summed E-state index contributed by atoms with van der Waals surface area (Å²) < 4.78 is 13.4. The molecule has 0 saturated heterocycles. The third-order valence-electron chi connectivity index (χ3n) is 2.72. The van der Waals surface area contributed by atoms with Crippen molar-refractivity contribution in [3.63, 3.8) is 0 Å². The van der Waals surface area contributed by atoms with Crippen LogP contribution in [0.15, 0.2) is 52.5 Å². The van der Waals surface area contributed by atoms with E-state index in [4.69, 9.17) is 16.9 Å². The normalized spacial score (nSPS) is 10.9. The lowest BCUT2D eigenvalue weighted by molar-refractivity contribution is -0.112. The maximum Gasteiger partial charge on any atom is 0.266 e. The molecule has 0 aliphatic carbocycles. The van der Waals surface area contributed by atoms with E-state index in [0.717, 1.165) is 0 Å². The van der Waals surface area contributed by atoms with Crippen molar-refractivity contribution in [1.82, 2.24) is 0 Å². The molecule has 0 aliphatic rings. The van der Waals surface area contributed by atoms with Gasteiger partial charge in [0.05, 0.1) is 4.47 Å². The molecule has 1 amide bonds. The lowest BCUT2D eigenvalue weighted by atomic mass is 10.1. The number of rotatable bonds is 3. The van der Waals surface area contributed by atoms with Crippen LogP contribution in [0.3, 0.4) is 0 Å². The molecule has 0 fully saturated rings. The van der Waals surface area contributed by atoms with E-state index in [1.54, 1.807) is 24.3 Å². The molecule has 110 valence electrons. The van der Waals surface area contributed by atoms with Gasteiger partial charge in [0, 0.05) is 10.7 Å². The topological polar surface area (TPSA) is 52.9 Å². The number of amides is 1. The van der Waals surface area contributed by atoms with Crippen LogP contribution in [0.2, 0.25) is 5.02 Å². The first-order valence-electron chi connectivity index (χ1n) is 6.13. The van der Waals surface area contributed by atoms with Gasteiger partial charge in [0.25, 0.3) is 5.91 Å². The fourth-order valence-electron chi connectivity index (χ4n) is 1.65. The lowest BCUT2D eigenvalue weighted by Gasteiger charge is -2.04. The van der Waals surface area contributed by atoms with Gasteiger partial charge in [0.15, 0.2) is 0 Å². The highest BCUT2D eigenvalue weighted by Crippen LogP contribution is 2.19. The lowest BCUT2D eigenvalue weighted by Crippen LogP contribution is -2.13. The van der Waals surface area contributed by atoms with E-state index in [1.165, 1.54) is 24.3 Å². The van der Waals surface area contributed by atoms with Crippen LogP contribution in [0.4, 0.5) is 10.1 Å². The van der Waals surface area contributed by atoms with Crippen molar-refractivity contribution in [1.29, 1.82) is 5.26 Å². The van der Waals surface area contributed by atoms with Gasteiger partial charge in [0.2, 0.25) is 0 Å². The van der Waals surface area contributed by atoms with E-state index in [-0.39, 0.29) is 10.0 Å². The van der Waals surface area contributed by atoms with Gasteiger partial charge >= 0.3 is 0 Å². The second-order valence-corrected chi connectivity index (χ2v) is 5.60. The van der Waals surface area contributed by atoms with Crippen LogP contribution >= 0.6 is 27.5 Å². The van der Waals surface area contributed by atoms with Crippen molar-refractivity contribution in [2.75, 3.05) is 5.32 Å². The molecule has 1 N–H and O–H groups in total. The van der Waals surface area contributed by atoms with E-state index in [2.05, 4.69) is 21.2 Å². The van der Waals surface area contributed by atoms with Crippen molar-refractivity contribution < 1.29 is 9.18 Å². The van der Waals surface area contributed by atoms with Gasteiger partial charge < -0.3 is 5.32 Å². The van der Waals surface area contributed by atoms with Crippen molar-refractivity contribution in [3.05, 3.63) is 68.9 Å². The molecule has 0 saturated carbocycles. The van der Waals surface area contributed by atoms with Crippen LogP contribution in [-0.4, -0.2) is 5.91 Å². The third kappa shape index (κ3) is 4.17. The minimum absolute atomic E-state index is 0.0894. The van der Waals surface area contributed by atoms with Gasteiger partial charge in [-0.3, -0.25) is 4.79 Å². The second kappa shape index (κ2) is 7.21. The van der Waals surface area contributed by atoms with E-state index < -0.39 is 11.7 Å². The summed E-state index contributed by atoms with van der Waals surface area (Å²) in [5.41, 5.74) is 0.973. The predicted octanol–water partition coefficient (Wildman–Crippen LogP) is 4.79. The van der Waals surface area contributed by atoms with Crippen molar-refractivity contribution in [3.8, 4) is 6.07 Å². The summed E-state index contributed by atoms with van der Waals surface area (Å²) >= 11 is 8.82. The molecule has 0 spiro atoms. The average molecular weight is 380 g/mol. The highest BCUT2D eigenvalue weighted by Gasteiger charge is 2.10. The summed E-state index contributed by atoms with van der Waals surface area (Å²) in [5.74, 6) is -0.966. The van der Waals surface area contributed by atoms with Gasteiger partial charge in [-0.05, 0) is 64.0 Å². The molecule has 2 aromatic carbocycles. The number of anilines is 1. The Kier molecular flexibility index (Phi) is 5.31. The fraction of sp³-hybridized carbons (Fsp3) is 0. The highest BCUT2D eigenvalue weighted by molar-refractivity contribution is 9.10. The molecule has 3 nitrogen and oxygen atoms in total. The van der Waals surface area contributed by atoms with Crippen LogP contribution in [0.25, 0.3) is 6.08 Å². The zero-order valence-corrected chi connectivity index (χ0v) is 13.5. The maximum absolute atomic E-state index is 13.2. The average Bonchev–Trinajstić information content (AvgIpc) is 2.50. The van der Waals surface area contributed by atoms with E-state index >= 15 is 0 Å². The third-order valence-corrected chi connectivity index (χ3v) is 3.58. The molecule has 22 heavy (non-hydrogen) atoms. The first-order valence-corrected chi connectivity index (χ1v) is 7.30. The minimum Gasteiger partial charge on any atom is -0.321 e. The smallest absolute Gasteiger partial charge is 0.266 e. The van der Waals surface area contributed by atoms with Crippen LogP contribution < -0.4 is 5.32 Å². The summed E-state index contributed by atoms with van der Waals surface area (Å²) in [6.45, 7) is 0. The van der Waals surface area contributed by atoms with Crippen LogP contribution in [-0.2, 0) is 4.79 Å². The Labute approximate surface area is 140 Å². The number of nitrogens with zero attached hydrogens (tertiary/aromatic N) is 1. The SMILES string of the molecule is N#C/C(=C\c1ccc(F)c(Br)c1)C(=O)Nc1ccc(Cl)cc1. The number of hydrogen-bond acceptors (Lipinski definition) is 2. The zero-order chi connectivity index (χ0) is 16.1. The molecule has 2 rings (SSSR count). The first-order chi connectivity index (χ1) is 10.5. The standard InChI is InChI=1S/C16H9BrClFN2O/c17-14-8-10(1-6-15(14)19)7-11(9-20)16(22)21-13-4-2-12(18)3-5-13/h1-8H,(H,21,22)/b11-7+. The predicted molar refractivity (Wildman–Crippen MR) is 87.8 cm³/mol. The van der Waals surface area contributed by atoms with Gasteiger partial charge in [-0.1, -0.05) is 17.7 Å². The van der Waals surface area contributed by atoms with Gasteiger partial charge in [0.1, 0.15) is 17.5 Å². The number of hydrogen-bond donors (Lipinski definition) is 1. The summed E-state index contributed by atoms with van der Waals surface area (Å²) in [4.78, 5) is 12.1. The Hall–Kier alpha value is -2.16. The monoisotopic (exact) mass is 378 g/mol. The second-order valence-electron chi connectivity index (χ2n) is 4.30.